The molecule has 0 unspecified atom stereocenters. The quantitative estimate of drug-likeness (QED) is 0.538. The maximum absolute atomic E-state index is 13.2. The summed E-state index contributed by atoms with van der Waals surface area (Å²) in [5.41, 5.74) is 2.34. The Morgan fingerprint density at radius 3 is 2.15 bits per heavy atom. The second-order valence-corrected chi connectivity index (χ2v) is 6.31. The standard InChI is InChI=1S/C21H16N2O4/c1-13-16(9-6-10-17(13)23(25)26)22-21(24)20-14-7-2-4-11-18(14)27-19-12-5-3-8-15(19)20/h2-12,20H,1H3,(H,22,24). The van der Waals surface area contributed by atoms with Gasteiger partial charge < -0.3 is 10.1 Å². The van der Waals surface area contributed by atoms with Crippen molar-refractivity contribution in [1.29, 1.82) is 0 Å². The molecule has 3 aromatic rings. The second kappa shape index (κ2) is 6.57. The molecule has 6 nitrogen and oxygen atoms in total. The predicted molar refractivity (Wildman–Crippen MR) is 101 cm³/mol. The number of carbonyl (C=O) groups excluding carboxylic acids is 1. The molecule has 6 heteroatoms. The van der Waals surface area contributed by atoms with Crippen LogP contribution in [0.15, 0.2) is 66.7 Å². The molecule has 1 heterocycles. The van der Waals surface area contributed by atoms with Crippen LogP contribution in [0.1, 0.15) is 22.6 Å². The van der Waals surface area contributed by atoms with E-state index in [4.69, 9.17) is 4.74 Å². The van der Waals surface area contributed by atoms with Gasteiger partial charge in [0.15, 0.2) is 0 Å². The van der Waals surface area contributed by atoms with Crippen LogP contribution in [0.4, 0.5) is 11.4 Å². The molecule has 0 saturated heterocycles. The van der Waals surface area contributed by atoms with Crippen molar-refractivity contribution in [2.24, 2.45) is 0 Å². The fourth-order valence-electron chi connectivity index (χ4n) is 3.35. The summed E-state index contributed by atoms with van der Waals surface area (Å²) >= 11 is 0. The number of fused-ring (bicyclic) bond motifs is 2. The van der Waals surface area contributed by atoms with Gasteiger partial charge in [-0.1, -0.05) is 42.5 Å². The zero-order chi connectivity index (χ0) is 19.0. The van der Waals surface area contributed by atoms with Gasteiger partial charge in [-0.2, -0.15) is 0 Å². The number of para-hydroxylation sites is 2. The lowest BCUT2D eigenvalue weighted by molar-refractivity contribution is -0.385. The SMILES string of the molecule is Cc1c(NC(=O)C2c3ccccc3Oc3ccccc32)cccc1[N+](=O)[O-]. The number of hydrogen-bond donors (Lipinski definition) is 1. The van der Waals surface area contributed by atoms with Gasteiger partial charge in [-0.05, 0) is 25.1 Å². The first kappa shape index (κ1) is 16.8. The van der Waals surface area contributed by atoms with Gasteiger partial charge in [-0.3, -0.25) is 14.9 Å². The minimum Gasteiger partial charge on any atom is -0.457 e. The Labute approximate surface area is 155 Å². The van der Waals surface area contributed by atoms with Crippen LogP contribution in [0, 0.1) is 17.0 Å². The molecule has 0 aliphatic carbocycles. The molecule has 0 saturated carbocycles. The van der Waals surface area contributed by atoms with E-state index < -0.39 is 10.8 Å². The number of benzene rings is 3. The van der Waals surface area contributed by atoms with Crippen LogP contribution < -0.4 is 10.1 Å². The Morgan fingerprint density at radius 2 is 1.56 bits per heavy atom. The number of nitrogens with zero attached hydrogens (tertiary/aromatic N) is 1. The number of nitro benzene ring substituents is 1. The van der Waals surface area contributed by atoms with E-state index in [1.807, 2.05) is 48.5 Å². The fraction of sp³-hybridized carbons (Fsp3) is 0.0952. The maximum Gasteiger partial charge on any atom is 0.274 e. The summed E-state index contributed by atoms with van der Waals surface area (Å²) in [4.78, 5) is 23.9. The number of hydrogen-bond acceptors (Lipinski definition) is 4. The van der Waals surface area contributed by atoms with Crippen LogP contribution in [0.3, 0.4) is 0 Å². The van der Waals surface area contributed by atoms with Crippen LogP contribution in [-0.2, 0) is 4.79 Å². The van der Waals surface area contributed by atoms with Crippen LogP contribution in [0.2, 0.25) is 0 Å². The zero-order valence-corrected chi connectivity index (χ0v) is 14.5. The van der Waals surface area contributed by atoms with Gasteiger partial charge in [-0.15, -0.1) is 0 Å². The molecule has 0 radical (unpaired) electrons. The molecule has 27 heavy (non-hydrogen) atoms. The van der Waals surface area contributed by atoms with E-state index in [1.54, 1.807) is 19.1 Å². The monoisotopic (exact) mass is 360 g/mol. The van der Waals surface area contributed by atoms with Gasteiger partial charge in [0.25, 0.3) is 5.69 Å². The van der Waals surface area contributed by atoms with E-state index in [0.717, 1.165) is 11.1 Å². The van der Waals surface area contributed by atoms with Gasteiger partial charge in [0.05, 0.1) is 22.1 Å². The fourth-order valence-corrected chi connectivity index (χ4v) is 3.35. The third kappa shape index (κ3) is 2.91. The van der Waals surface area contributed by atoms with E-state index in [0.29, 0.717) is 22.7 Å². The molecule has 0 atom stereocenters. The third-order valence-corrected chi connectivity index (χ3v) is 4.70. The number of anilines is 1. The van der Waals surface area contributed by atoms with Gasteiger partial charge >= 0.3 is 0 Å². The highest BCUT2D eigenvalue weighted by molar-refractivity contribution is 6.00. The number of nitro groups is 1. The summed E-state index contributed by atoms with van der Waals surface area (Å²) < 4.78 is 5.91. The van der Waals surface area contributed by atoms with Crippen LogP contribution in [-0.4, -0.2) is 10.8 Å². The molecular weight excluding hydrogens is 344 g/mol. The second-order valence-electron chi connectivity index (χ2n) is 6.31. The third-order valence-electron chi connectivity index (χ3n) is 4.70. The Balaban J connectivity index is 1.75. The molecular formula is C21H16N2O4. The lowest BCUT2D eigenvalue weighted by Gasteiger charge is -2.27. The normalized spacial score (nSPS) is 12.5. The highest BCUT2D eigenvalue weighted by Gasteiger charge is 2.32. The maximum atomic E-state index is 13.2. The largest absolute Gasteiger partial charge is 0.457 e. The van der Waals surface area contributed by atoms with E-state index in [9.17, 15) is 14.9 Å². The molecule has 134 valence electrons. The summed E-state index contributed by atoms with van der Waals surface area (Å²) in [5.74, 6) is 0.436. The molecule has 0 aromatic heterocycles. The molecule has 3 aromatic carbocycles. The minimum absolute atomic E-state index is 0.0272. The average Bonchev–Trinajstić information content (AvgIpc) is 2.67. The minimum atomic E-state index is -0.565. The molecule has 0 spiro atoms. The summed E-state index contributed by atoms with van der Waals surface area (Å²) in [5, 5.41) is 14.0. The van der Waals surface area contributed by atoms with Crippen molar-refractivity contribution in [2.75, 3.05) is 5.32 Å². The van der Waals surface area contributed by atoms with Gasteiger partial charge in [-0.25, -0.2) is 0 Å². The number of amides is 1. The van der Waals surface area contributed by atoms with Crippen molar-refractivity contribution in [3.8, 4) is 11.5 Å². The molecule has 0 fully saturated rings. The lowest BCUT2D eigenvalue weighted by atomic mass is 9.87. The number of rotatable bonds is 3. The van der Waals surface area contributed by atoms with Crippen molar-refractivity contribution >= 4 is 17.3 Å². The van der Waals surface area contributed by atoms with Crippen molar-refractivity contribution in [1.82, 2.24) is 0 Å². The van der Waals surface area contributed by atoms with E-state index in [1.165, 1.54) is 6.07 Å². The number of nitrogens with one attached hydrogen (secondary N) is 1. The zero-order valence-electron chi connectivity index (χ0n) is 14.5. The van der Waals surface area contributed by atoms with Crippen molar-refractivity contribution in [3.05, 3.63) is 93.5 Å². The topological polar surface area (TPSA) is 81.5 Å². The Hall–Kier alpha value is -3.67. The molecule has 0 bridgehead atoms. The van der Waals surface area contributed by atoms with Crippen molar-refractivity contribution < 1.29 is 14.5 Å². The van der Waals surface area contributed by atoms with Crippen molar-refractivity contribution in [3.63, 3.8) is 0 Å². The summed E-state index contributed by atoms with van der Waals surface area (Å²) in [7, 11) is 0. The van der Waals surface area contributed by atoms with E-state index >= 15 is 0 Å². The average molecular weight is 360 g/mol. The Morgan fingerprint density at radius 1 is 0.963 bits per heavy atom. The molecule has 1 N–H and O–H groups in total. The first-order valence-electron chi connectivity index (χ1n) is 8.47. The van der Waals surface area contributed by atoms with E-state index in [2.05, 4.69) is 5.32 Å². The van der Waals surface area contributed by atoms with Crippen LogP contribution >= 0.6 is 0 Å². The van der Waals surface area contributed by atoms with Gasteiger partial charge in [0, 0.05) is 17.2 Å². The first-order valence-corrected chi connectivity index (χ1v) is 8.47. The Bertz CT molecular complexity index is 1020. The molecule has 1 aliphatic rings. The lowest BCUT2D eigenvalue weighted by Crippen LogP contribution is -2.25. The highest BCUT2D eigenvalue weighted by atomic mass is 16.6. The summed E-state index contributed by atoms with van der Waals surface area (Å²) in [6.45, 7) is 1.62. The molecule has 1 aliphatic heterocycles. The predicted octanol–water partition coefficient (Wildman–Crippen LogP) is 4.78. The summed E-state index contributed by atoms with van der Waals surface area (Å²) in [6.07, 6.45) is 0. The number of carbonyl (C=O) groups is 1. The van der Waals surface area contributed by atoms with Crippen LogP contribution in [0.25, 0.3) is 0 Å². The van der Waals surface area contributed by atoms with Gasteiger partial charge in [0.1, 0.15) is 11.5 Å². The Kier molecular flexibility index (Phi) is 4.08. The van der Waals surface area contributed by atoms with Crippen molar-refractivity contribution in [2.45, 2.75) is 12.8 Å². The summed E-state index contributed by atoms with van der Waals surface area (Å²) in [6, 6.07) is 19.4. The van der Waals surface area contributed by atoms with E-state index in [-0.39, 0.29) is 11.6 Å². The first-order chi connectivity index (χ1) is 13.1. The molecule has 1 amide bonds. The highest BCUT2D eigenvalue weighted by Crippen LogP contribution is 2.44. The number of ether oxygens (including phenoxy) is 1. The smallest absolute Gasteiger partial charge is 0.274 e. The molecule has 4 rings (SSSR count). The van der Waals surface area contributed by atoms with Crippen LogP contribution in [0.5, 0.6) is 11.5 Å². The van der Waals surface area contributed by atoms with Gasteiger partial charge in [0.2, 0.25) is 5.91 Å².